The molecule has 1 unspecified atom stereocenters. The van der Waals surface area contributed by atoms with E-state index in [2.05, 4.69) is 30.3 Å². The molecular formula is C42H45ClN10O7. The topological polar surface area (TPSA) is 183 Å². The van der Waals surface area contributed by atoms with Gasteiger partial charge in [-0.2, -0.15) is 4.98 Å². The number of amides is 5. The first-order valence-corrected chi connectivity index (χ1v) is 20.7. The van der Waals surface area contributed by atoms with Crippen LogP contribution in [-0.4, -0.2) is 130 Å². The fourth-order valence-corrected chi connectivity index (χ4v) is 9.07. The summed E-state index contributed by atoms with van der Waals surface area (Å²) in [7, 11) is 3.40. The molecule has 0 bridgehead atoms. The Labute approximate surface area is 350 Å². The second-order valence-corrected chi connectivity index (χ2v) is 16.6. The lowest BCUT2D eigenvalue weighted by Gasteiger charge is -2.39. The molecule has 4 aromatic rings. The number of fused-ring (bicyclic) bond motifs is 2. The summed E-state index contributed by atoms with van der Waals surface area (Å²) in [5, 5.41) is 6.69. The lowest BCUT2D eigenvalue weighted by atomic mass is 9.96. The number of imide groups is 2. The Morgan fingerprint density at radius 3 is 2.33 bits per heavy atom. The summed E-state index contributed by atoms with van der Waals surface area (Å²) in [6.07, 6.45) is 3.62. The minimum absolute atomic E-state index is 0.0816. The summed E-state index contributed by atoms with van der Waals surface area (Å²) in [6.45, 7) is 6.42. The number of anilines is 4. The van der Waals surface area contributed by atoms with Crippen molar-refractivity contribution in [1.29, 1.82) is 0 Å². The van der Waals surface area contributed by atoms with E-state index in [1.54, 1.807) is 43.4 Å². The van der Waals surface area contributed by atoms with Crippen LogP contribution >= 0.6 is 11.6 Å². The number of aryl methyl sites for hydroxylation is 1. The summed E-state index contributed by atoms with van der Waals surface area (Å²) >= 11 is 6.59. The number of ether oxygens (including phenoxy) is 1. The summed E-state index contributed by atoms with van der Waals surface area (Å²) in [5.41, 5.74) is 2.55. The third-order valence-electron chi connectivity index (χ3n) is 12.4. The van der Waals surface area contributed by atoms with Crippen molar-refractivity contribution in [3.05, 3.63) is 75.2 Å². The Bertz CT molecular complexity index is 2500. The first kappa shape index (κ1) is 39.4. The molecule has 5 amide bonds. The maximum Gasteiger partial charge on any atom is 0.293 e. The summed E-state index contributed by atoms with van der Waals surface area (Å²) in [6, 6.07) is 11.6. The van der Waals surface area contributed by atoms with Gasteiger partial charge in [-0.3, -0.25) is 43.9 Å². The van der Waals surface area contributed by atoms with E-state index >= 15 is 0 Å². The van der Waals surface area contributed by atoms with Crippen LogP contribution in [0.1, 0.15) is 52.8 Å². The molecule has 312 valence electrons. The van der Waals surface area contributed by atoms with Gasteiger partial charge in [-0.1, -0.05) is 11.6 Å². The normalized spacial score (nSPS) is 21.6. The number of carbonyl (C=O) groups is 5. The fourth-order valence-electron chi connectivity index (χ4n) is 8.93. The lowest BCUT2D eigenvalue weighted by Crippen LogP contribution is -2.54. The van der Waals surface area contributed by atoms with Crippen LogP contribution < -0.4 is 30.7 Å². The molecule has 2 atom stereocenters. The van der Waals surface area contributed by atoms with Gasteiger partial charge in [0.15, 0.2) is 17.7 Å². The summed E-state index contributed by atoms with van der Waals surface area (Å²) < 4.78 is 7.43. The van der Waals surface area contributed by atoms with Crippen LogP contribution in [0.3, 0.4) is 0 Å². The van der Waals surface area contributed by atoms with Crippen LogP contribution in [0.25, 0.3) is 10.9 Å². The molecule has 0 saturated carbocycles. The van der Waals surface area contributed by atoms with Crippen molar-refractivity contribution in [2.45, 2.75) is 44.2 Å². The molecule has 5 aliphatic rings. The summed E-state index contributed by atoms with van der Waals surface area (Å²) in [4.78, 5) is 95.0. The van der Waals surface area contributed by atoms with E-state index in [1.807, 2.05) is 24.3 Å². The Morgan fingerprint density at radius 1 is 0.833 bits per heavy atom. The number of carbonyl (C=O) groups excluding carboxylic acids is 5. The van der Waals surface area contributed by atoms with Crippen LogP contribution in [-0.2, 0) is 21.4 Å². The molecule has 2 N–H and O–H groups in total. The number of likely N-dealkylation sites (tertiary alicyclic amines) is 1. The lowest BCUT2D eigenvalue weighted by molar-refractivity contribution is -0.136. The molecule has 4 saturated heterocycles. The maximum absolute atomic E-state index is 13.4. The Kier molecular flexibility index (Phi) is 10.4. The Balaban J connectivity index is 0.784. The van der Waals surface area contributed by atoms with E-state index < -0.39 is 35.8 Å². The maximum atomic E-state index is 13.4. The third-order valence-corrected chi connectivity index (χ3v) is 12.7. The van der Waals surface area contributed by atoms with Gasteiger partial charge < -0.3 is 29.3 Å². The molecule has 2 aromatic carbocycles. The van der Waals surface area contributed by atoms with E-state index in [4.69, 9.17) is 21.3 Å². The Morgan fingerprint density at radius 2 is 1.60 bits per heavy atom. The highest BCUT2D eigenvalue weighted by Gasteiger charge is 2.45. The van der Waals surface area contributed by atoms with Gasteiger partial charge >= 0.3 is 0 Å². The monoisotopic (exact) mass is 836 g/mol. The SMILES string of the molecule is CN1CC[C@@H](Oc2cc3cc(Nc4nc(N5CCC(CN6CCN(c7ccc8c(c7)C(=O)N(C7CCC(=O)NC7=O)C8=O)CC6)CC5)ncc4Cl)ccc3n(C)c2=O)C1=O. The predicted octanol–water partition coefficient (Wildman–Crippen LogP) is 2.77. The van der Waals surface area contributed by atoms with E-state index in [0.29, 0.717) is 52.4 Å². The van der Waals surface area contributed by atoms with Crippen molar-refractivity contribution in [2.75, 3.05) is 74.5 Å². The van der Waals surface area contributed by atoms with Gasteiger partial charge in [0.2, 0.25) is 17.8 Å². The number of piperidine rings is 2. The molecule has 9 rings (SSSR count). The second-order valence-electron chi connectivity index (χ2n) is 16.2. The van der Waals surface area contributed by atoms with Gasteiger partial charge in [0.25, 0.3) is 23.3 Å². The number of likely N-dealkylation sites (N-methyl/N-ethyl adjacent to an activating group) is 1. The van der Waals surface area contributed by atoms with Gasteiger partial charge in [-0.05, 0) is 67.6 Å². The van der Waals surface area contributed by atoms with Crippen LogP contribution in [0, 0.1) is 5.92 Å². The molecule has 17 nitrogen and oxygen atoms in total. The van der Waals surface area contributed by atoms with E-state index in [1.165, 1.54) is 4.57 Å². The number of pyridine rings is 1. The fraction of sp³-hybridized carbons (Fsp3) is 0.429. The van der Waals surface area contributed by atoms with Crippen LogP contribution in [0.15, 0.2) is 53.5 Å². The smallest absolute Gasteiger partial charge is 0.293 e. The highest BCUT2D eigenvalue weighted by atomic mass is 35.5. The minimum Gasteiger partial charge on any atom is -0.475 e. The van der Waals surface area contributed by atoms with Crippen molar-refractivity contribution < 1.29 is 28.7 Å². The summed E-state index contributed by atoms with van der Waals surface area (Å²) in [5.74, 6) is -0.466. The molecule has 60 heavy (non-hydrogen) atoms. The van der Waals surface area contributed by atoms with E-state index in [-0.39, 0.29) is 35.6 Å². The number of hydrogen-bond donors (Lipinski definition) is 2. The molecule has 5 aliphatic heterocycles. The van der Waals surface area contributed by atoms with Gasteiger partial charge in [0.1, 0.15) is 11.1 Å². The molecule has 0 aliphatic carbocycles. The predicted molar refractivity (Wildman–Crippen MR) is 223 cm³/mol. The number of aromatic nitrogens is 3. The standard InChI is InChI=1S/C42H45ClN10O7/c1-48-12-11-33(40(48)58)60-34-20-25-19-26(3-6-31(25)49(2)41(34)59)45-36-30(43)22-44-42(47-36)52-13-9-24(10-14-52)23-50-15-17-51(18-16-50)27-4-5-28-29(21-27)39(57)53(38(28)56)32-7-8-35(54)46-37(32)55/h3-6,19-22,24,32-33H,7-18,23H2,1-2H3,(H,44,45,47)(H,46,54,55)/t32?,33-/m1/s1. The average Bonchev–Trinajstić information content (AvgIpc) is 3.69. The van der Waals surface area contributed by atoms with Crippen molar-refractivity contribution in [3.8, 4) is 5.75 Å². The van der Waals surface area contributed by atoms with Crippen LogP contribution in [0.5, 0.6) is 5.75 Å². The van der Waals surface area contributed by atoms with E-state index in [0.717, 1.165) is 74.6 Å². The molecule has 2 aromatic heterocycles. The Hall–Kier alpha value is -6.07. The number of halogens is 1. The van der Waals surface area contributed by atoms with Crippen molar-refractivity contribution in [2.24, 2.45) is 13.0 Å². The van der Waals surface area contributed by atoms with Crippen molar-refractivity contribution in [1.82, 2.24) is 34.6 Å². The van der Waals surface area contributed by atoms with Gasteiger partial charge in [0, 0.05) is 96.1 Å². The van der Waals surface area contributed by atoms with Crippen molar-refractivity contribution in [3.63, 3.8) is 0 Å². The van der Waals surface area contributed by atoms with Gasteiger partial charge in [-0.15, -0.1) is 0 Å². The van der Waals surface area contributed by atoms with Crippen molar-refractivity contribution >= 4 is 75.2 Å². The molecule has 0 radical (unpaired) electrons. The van der Waals surface area contributed by atoms with Gasteiger partial charge in [0.05, 0.1) is 22.8 Å². The largest absolute Gasteiger partial charge is 0.475 e. The molecule has 0 spiro atoms. The minimum atomic E-state index is -0.986. The highest BCUT2D eigenvalue weighted by molar-refractivity contribution is 6.33. The zero-order valence-electron chi connectivity index (χ0n) is 33.4. The molecular weight excluding hydrogens is 792 g/mol. The van der Waals surface area contributed by atoms with Crippen LogP contribution in [0.2, 0.25) is 5.02 Å². The number of rotatable bonds is 9. The average molecular weight is 837 g/mol. The number of piperazine rings is 1. The number of benzene rings is 2. The first-order valence-electron chi connectivity index (χ1n) is 20.3. The third kappa shape index (κ3) is 7.40. The quantitative estimate of drug-likeness (QED) is 0.235. The van der Waals surface area contributed by atoms with Gasteiger partial charge in [-0.25, -0.2) is 4.98 Å². The number of nitrogens with zero attached hydrogens (tertiary/aromatic N) is 8. The zero-order chi connectivity index (χ0) is 41.8. The van der Waals surface area contributed by atoms with E-state index in [9.17, 15) is 28.8 Å². The molecule has 4 fully saturated rings. The highest BCUT2D eigenvalue weighted by Crippen LogP contribution is 2.33. The number of hydrogen-bond acceptors (Lipinski definition) is 13. The molecule has 7 heterocycles. The second kappa shape index (κ2) is 15.8. The first-order chi connectivity index (χ1) is 28.9. The van der Waals surface area contributed by atoms with Crippen LogP contribution in [0.4, 0.5) is 23.1 Å². The zero-order valence-corrected chi connectivity index (χ0v) is 34.1. The molecule has 18 heteroatoms. The number of nitrogens with one attached hydrogen (secondary N) is 2.